The molecule has 112 valence electrons. The summed E-state index contributed by atoms with van der Waals surface area (Å²) in [6.45, 7) is 9.12. The molecule has 1 N–H and O–H groups in total. The molecule has 1 aliphatic rings. The quantitative estimate of drug-likeness (QED) is 0.860. The van der Waals surface area contributed by atoms with E-state index in [9.17, 15) is 0 Å². The average molecular weight is 277 g/mol. The Morgan fingerprint density at radius 3 is 2.65 bits per heavy atom. The van der Waals surface area contributed by atoms with E-state index in [0.717, 1.165) is 44.7 Å². The molecule has 1 aromatic carbocycles. The van der Waals surface area contributed by atoms with Crippen LogP contribution < -0.4 is 10.1 Å². The molecule has 1 heterocycles. The zero-order valence-electron chi connectivity index (χ0n) is 12.9. The SMILES string of the molecule is CCCOc1ccc(C2CNCC(C)(CCC)O2)cc1. The van der Waals surface area contributed by atoms with Crippen LogP contribution >= 0.6 is 0 Å². The molecule has 20 heavy (non-hydrogen) atoms. The topological polar surface area (TPSA) is 30.5 Å². The molecule has 0 saturated carbocycles. The summed E-state index contributed by atoms with van der Waals surface area (Å²) in [7, 11) is 0. The predicted octanol–water partition coefficient (Wildman–Crippen LogP) is 3.70. The molecule has 0 aliphatic carbocycles. The zero-order valence-corrected chi connectivity index (χ0v) is 12.9. The Morgan fingerprint density at radius 1 is 1.25 bits per heavy atom. The zero-order chi connectivity index (χ0) is 14.4. The van der Waals surface area contributed by atoms with Crippen LogP contribution in [0.4, 0.5) is 0 Å². The highest BCUT2D eigenvalue weighted by Crippen LogP contribution is 2.30. The first-order valence-electron chi connectivity index (χ1n) is 7.78. The molecule has 0 aromatic heterocycles. The Bertz CT molecular complexity index is 400. The van der Waals surface area contributed by atoms with E-state index in [4.69, 9.17) is 9.47 Å². The second-order valence-corrected chi connectivity index (χ2v) is 5.85. The van der Waals surface area contributed by atoms with E-state index in [1.54, 1.807) is 0 Å². The van der Waals surface area contributed by atoms with Crippen molar-refractivity contribution in [1.82, 2.24) is 5.32 Å². The highest BCUT2D eigenvalue weighted by molar-refractivity contribution is 5.29. The van der Waals surface area contributed by atoms with E-state index in [1.807, 2.05) is 12.1 Å². The first-order valence-corrected chi connectivity index (χ1v) is 7.78. The van der Waals surface area contributed by atoms with Gasteiger partial charge in [0.25, 0.3) is 0 Å². The fraction of sp³-hybridized carbons (Fsp3) is 0.647. The summed E-state index contributed by atoms with van der Waals surface area (Å²) in [6.07, 6.45) is 3.41. The molecule has 0 spiro atoms. The number of ether oxygens (including phenoxy) is 2. The molecule has 0 amide bonds. The number of morpholine rings is 1. The lowest BCUT2D eigenvalue weighted by Crippen LogP contribution is -2.48. The van der Waals surface area contributed by atoms with Gasteiger partial charge in [-0.05, 0) is 37.5 Å². The van der Waals surface area contributed by atoms with E-state index >= 15 is 0 Å². The van der Waals surface area contributed by atoms with Gasteiger partial charge in [-0.2, -0.15) is 0 Å². The highest BCUT2D eigenvalue weighted by atomic mass is 16.5. The van der Waals surface area contributed by atoms with Crippen molar-refractivity contribution in [3.63, 3.8) is 0 Å². The van der Waals surface area contributed by atoms with Crippen molar-refractivity contribution in [1.29, 1.82) is 0 Å². The predicted molar refractivity (Wildman–Crippen MR) is 82.2 cm³/mol. The van der Waals surface area contributed by atoms with Gasteiger partial charge in [-0.1, -0.05) is 32.4 Å². The van der Waals surface area contributed by atoms with Crippen molar-refractivity contribution >= 4 is 0 Å². The second-order valence-electron chi connectivity index (χ2n) is 5.85. The van der Waals surface area contributed by atoms with Gasteiger partial charge in [0.1, 0.15) is 5.75 Å². The summed E-state index contributed by atoms with van der Waals surface area (Å²) < 4.78 is 11.9. The molecular formula is C17H27NO2. The summed E-state index contributed by atoms with van der Waals surface area (Å²) in [4.78, 5) is 0. The van der Waals surface area contributed by atoms with Crippen LogP contribution in [0.1, 0.15) is 51.7 Å². The third-order valence-corrected chi connectivity index (χ3v) is 3.76. The summed E-state index contributed by atoms with van der Waals surface area (Å²) in [5, 5.41) is 3.50. The maximum atomic E-state index is 6.32. The minimum Gasteiger partial charge on any atom is -0.494 e. The van der Waals surface area contributed by atoms with Crippen molar-refractivity contribution in [3.8, 4) is 5.75 Å². The molecule has 1 aliphatic heterocycles. The van der Waals surface area contributed by atoms with Crippen molar-refractivity contribution < 1.29 is 9.47 Å². The Balaban J connectivity index is 2.00. The van der Waals surface area contributed by atoms with Gasteiger partial charge in [0.05, 0.1) is 18.3 Å². The van der Waals surface area contributed by atoms with Gasteiger partial charge in [-0.25, -0.2) is 0 Å². The smallest absolute Gasteiger partial charge is 0.119 e. The molecule has 2 unspecified atom stereocenters. The van der Waals surface area contributed by atoms with Gasteiger partial charge >= 0.3 is 0 Å². The van der Waals surface area contributed by atoms with E-state index < -0.39 is 0 Å². The standard InChI is InChI=1S/C17H27NO2/c1-4-10-17(3)13-18-12-16(20-17)14-6-8-15(9-7-14)19-11-5-2/h6-9,16,18H,4-5,10-13H2,1-3H3. The normalized spacial score (nSPS) is 26.4. The first kappa shape index (κ1) is 15.3. The third kappa shape index (κ3) is 3.97. The second kappa shape index (κ2) is 7.09. The molecule has 1 saturated heterocycles. The van der Waals surface area contributed by atoms with Crippen LogP contribution in [0, 0.1) is 0 Å². The molecule has 3 heteroatoms. The van der Waals surface area contributed by atoms with Crippen molar-refractivity contribution in [2.45, 2.75) is 51.7 Å². The Labute approximate surface area is 122 Å². The van der Waals surface area contributed by atoms with Crippen LogP contribution in [0.2, 0.25) is 0 Å². The largest absolute Gasteiger partial charge is 0.494 e. The summed E-state index contributed by atoms with van der Waals surface area (Å²) >= 11 is 0. The molecular weight excluding hydrogens is 250 g/mol. The van der Waals surface area contributed by atoms with Gasteiger partial charge in [0.15, 0.2) is 0 Å². The van der Waals surface area contributed by atoms with Gasteiger partial charge < -0.3 is 14.8 Å². The van der Waals surface area contributed by atoms with Gasteiger partial charge in [0, 0.05) is 13.1 Å². The molecule has 2 atom stereocenters. The summed E-state index contributed by atoms with van der Waals surface area (Å²) in [5.74, 6) is 0.940. The van der Waals surface area contributed by atoms with Gasteiger partial charge in [0.2, 0.25) is 0 Å². The Kier molecular flexibility index (Phi) is 5.44. The summed E-state index contributed by atoms with van der Waals surface area (Å²) in [6, 6.07) is 8.32. The van der Waals surface area contributed by atoms with Crippen LogP contribution in [0.25, 0.3) is 0 Å². The first-order chi connectivity index (χ1) is 9.67. The van der Waals surface area contributed by atoms with Gasteiger partial charge in [-0.15, -0.1) is 0 Å². The molecule has 1 aromatic rings. The number of benzene rings is 1. The van der Waals surface area contributed by atoms with Gasteiger partial charge in [-0.3, -0.25) is 0 Å². The fourth-order valence-electron chi connectivity index (χ4n) is 2.76. The number of hydrogen-bond acceptors (Lipinski definition) is 3. The molecule has 2 rings (SSSR count). The molecule has 0 bridgehead atoms. The van der Waals surface area contributed by atoms with E-state index in [-0.39, 0.29) is 11.7 Å². The van der Waals surface area contributed by atoms with Crippen LogP contribution in [0.5, 0.6) is 5.75 Å². The van der Waals surface area contributed by atoms with Crippen molar-refractivity contribution in [2.24, 2.45) is 0 Å². The van der Waals surface area contributed by atoms with Crippen LogP contribution in [-0.4, -0.2) is 25.3 Å². The molecule has 0 radical (unpaired) electrons. The summed E-state index contributed by atoms with van der Waals surface area (Å²) in [5.41, 5.74) is 1.18. The van der Waals surface area contributed by atoms with E-state index in [1.165, 1.54) is 5.56 Å². The number of rotatable bonds is 6. The lowest BCUT2D eigenvalue weighted by molar-refractivity contribution is -0.112. The fourth-order valence-corrected chi connectivity index (χ4v) is 2.76. The maximum Gasteiger partial charge on any atom is 0.119 e. The average Bonchev–Trinajstić information content (AvgIpc) is 2.45. The molecule has 1 fully saturated rings. The molecule has 3 nitrogen and oxygen atoms in total. The number of nitrogens with one attached hydrogen (secondary N) is 1. The Hall–Kier alpha value is -1.06. The van der Waals surface area contributed by atoms with Crippen LogP contribution in [-0.2, 0) is 4.74 Å². The van der Waals surface area contributed by atoms with Crippen LogP contribution in [0.3, 0.4) is 0 Å². The van der Waals surface area contributed by atoms with E-state index in [2.05, 4.69) is 38.2 Å². The van der Waals surface area contributed by atoms with Crippen molar-refractivity contribution in [2.75, 3.05) is 19.7 Å². The lowest BCUT2D eigenvalue weighted by Gasteiger charge is -2.39. The maximum absolute atomic E-state index is 6.32. The Morgan fingerprint density at radius 2 is 2.00 bits per heavy atom. The highest BCUT2D eigenvalue weighted by Gasteiger charge is 2.32. The monoisotopic (exact) mass is 277 g/mol. The van der Waals surface area contributed by atoms with Crippen LogP contribution in [0.15, 0.2) is 24.3 Å². The van der Waals surface area contributed by atoms with E-state index in [0.29, 0.717) is 0 Å². The number of hydrogen-bond donors (Lipinski definition) is 1. The minimum absolute atomic E-state index is 0.0466. The van der Waals surface area contributed by atoms with Crippen molar-refractivity contribution in [3.05, 3.63) is 29.8 Å². The minimum atomic E-state index is -0.0466. The third-order valence-electron chi connectivity index (χ3n) is 3.76. The lowest BCUT2D eigenvalue weighted by atomic mass is 9.96.